The third kappa shape index (κ3) is 4.93. The summed E-state index contributed by atoms with van der Waals surface area (Å²) in [6.07, 6.45) is 2.71. The van der Waals surface area contributed by atoms with E-state index in [2.05, 4.69) is 17.5 Å². The third-order valence-corrected chi connectivity index (χ3v) is 7.84. The Morgan fingerprint density at radius 3 is 2.60 bits per heavy atom. The second-order valence-corrected chi connectivity index (χ2v) is 9.84. The van der Waals surface area contributed by atoms with Gasteiger partial charge >= 0.3 is 5.97 Å². The standard InChI is InChI=1S/C26H22N4O3S2/c1-3-33-26(32)23-15(2)18(12-27)25(35-23)30-21(31)14-34-24-19(13-28)22(16-8-5-4-6-9-16)17-10-7-11-20(17)29-24/h4-6,8-9H,3,7,10-11,14H2,1-2H3,(H,30,31). The summed E-state index contributed by atoms with van der Waals surface area (Å²) in [5, 5.41) is 23.1. The zero-order valence-corrected chi connectivity index (χ0v) is 20.9. The smallest absolute Gasteiger partial charge is 0.348 e. The lowest BCUT2D eigenvalue weighted by molar-refractivity contribution is -0.113. The van der Waals surface area contributed by atoms with Gasteiger partial charge in [-0.3, -0.25) is 4.79 Å². The molecule has 7 nitrogen and oxygen atoms in total. The predicted molar refractivity (Wildman–Crippen MR) is 135 cm³/mol. The van der Waals surface area contributed by atoms with Gasteiger partial charge in [-0.2, -0.15) is 10.5 Å². The van der Waals surface area contributed by atoms with Gasteiger partial charge in [-0.1, -0.05) is 42.1 Å². The van der Waals surface area contributed by atoms with E-state index in [9.17, 15) is 20.1 Å². The number of thiophene rings is 1. The summed E-state index contributed by atoms with van der Waals surface area (Å²) in [5.74, 6) is -0.864. The first kappa shape index (κ1) is 24.5. The van der Waals surface area contributed by atoms with Gasteiger partial charge in [-0.05, 0) is 49.8 Å². The summed E-state index contributed by atoms with van der Waals surface area (Å²) in [7, 11) is 0. The normalized spacial score (nSPS) is 11.9. The van der Waals surface area contributed by atoms with Crippen molar-refractivity contribution in [3.05, 3.63) is 63.2 Å². The number of anilines is 1. The van der Waals surface area contributed by atoms with Crippen molar-refractivity contribution < 1.29 is 14.3 Å². The highest BCUT2D eigenvalue weighted by Crippen LogP contribution is 2.39. The molecule has 0 aliphatic heterocycles. The number of ether oxygens (including phenoxy) is 1. The molecule has 9 heteroatoms. The first-order chi connectivity index (χ1) is 17.0. The first-order valence-corrected chi connectivity index (χ1v) is 12.9. The van der Waals surface area contributed by atoms with E-state index < -0.39 is 5.97 Å². The number of hydrogen-bond donors (Lipinski definition) is 1. The van der Waals surface area contributed by atoms with Gasteiger partial charge in [0.1, 0.15) is 27.0 Å². The van der Waals surface area contributed by atoms with Crippen LogP contribution in [0, 0.1) is 29.6 Å². The Hall–Kier alpha value is -3.66. The molecule has 1 aromatic carbocycles. The fraction of sp³-hybridized carbons (Fsp3) is 0.269. The molecule has 0 radical (unpaired) electrons. The molecule has 0 spiro atoms. The maximum absolute atomic E-state index is 12.8. The number of nitrogens with one attached hydrogen (secondary N) is 1. The number of nitriles is 2. The summed E-state index contributed by atoms with van der Waals surface area (Å²) < 4.78 is 5.05. The number of rotatable bonds is 7. The van der Waals surface area contributed by atoms with E-state index in [0.717, 1.165) is 53.0 Å². The topological polar surface area (TPSA) is 116 Å². The largest absolute Gasteiger partial charge is 0.462 e. The Morgan fingerprint density at radius 1 is 1.17 bits per heavy atom. The van der Waals surface area contributed by atoms with Crippen LogP contribution in [0.1, 0.15) is 51.0 Å². The van der Waals surface area contributed by atoms with Gasteiger partial charge in [0.2, 0.25) is 5.91 Å². The number of thioether (sulfide) groups is 1. The zero-order chi connectivity index (χ0) is 24.9. The number of hydrogen-bond acceptors (Lipinski definition) is 8. The fourth-order valence-corrected chi connectivity index (χ4v) is 5.99. The van der Waals surface area contributed by atoms with Gasteiger partial charge in [-0.25, -0.2) is 9.78 Å². The second kappa shape index (κ2) is 10.7. The molecule has 1 aliphatic carbocycles. The molecule has 3 aromatic rings. The van der Waals surface area contributed by atoms with Gasteiger partial charge in [0.05, 0.1) is 23.5 Å². The summed E-state index contributed by atoms with van der Waals surface area (Å²) >= 11 is 2.22. The van der Waals surface area contributed by atoms with Crippen molar-refractivity contribution in [3.63, 3.8) is 0 Å². The van der Waals surface area contributed by atoms with Gasteiger partial charge in [0.25, 0.3) is 0 Å². The average molecular weight is 503 g/mol. The van der Waals surface area contributed by atoms with E-state index in [0.29, 0.717) is 26.0 Å². The molecule has 1 N–H and O–H groups in total. The second-order valence-electron chi connectivity index (χ2n) is 7.85. The molecule has 2 aromatic heterocycles. The summed E-state index contributed by atoms with van der Waals surface area (Å²) in [6.45, 7) is 3.58. The minimum Gasteiger partial charge on any atom is -0.462 e. The van der Waals surface area contributed by atoms with Crippen LogP contribution in [0.15, 0.2) is 35.4 Å². The summed E-state index contributed by atoms with van der Waals surface area (Å²) in [4.78, 5) is 30.0. The summed E-state index contributed by atoms with van der Waals surface area (Å²) in [5.41, 5.74) is 5.16. The SMILES string of the molecule is CCOC(=O)c1sc(NC(=O)CSc2nc3c(c(-c4ccccc4)c2C#N)CCC3)c(C#N)c1C. The highest BCUT2D eigenvalue weighted by molar-refractivity contribution is 8.00. The van der Waals surface area contributed by atoms with Crippen LogP contribution in [-0.2, 0) is 22.4 Å². The Kier molecular flexibility index (Phi) is 7.50. The molecule has 0 fully saturated rings. The van der Waals surface area contributed by atoms with Crippen molar-refractivity contribution in [2.24, 2.45) is 0 Å². The van der Waals surface area contributed by atoms with E-state index >= 15 is 0 Å². The quantitative estimate of drug-likeness (QED) is 0.346. The lowest BCUT2D eigenvalue weighted by Crippen LogP contribution is -2.14. The van der Waals surface area contributed by atoms with Gasteiger partial charge in [0, 0.05) is 11.3 Å². The summed E-state index contributed by atoms with van der Waals surface area (Å²) in [6, 6.07) is 14.2. The maximum atomic E-state index is 12.8. The van der Waals surface area contributed by atoms with Crippen LogP contribution in [0.4, 0.5) is 5.00 Å². The maximum Gasteiger partial charge on any atom is 0.348 e. The minimum atomic E-state index is -0.518. The number of aromatic nitrogens is 1. The van der Waals surface area contributed by atoms with Crippen LogP contribution in [0.2, 0.25) is 0 Å². The average Bonchev–Trinajstić information content (AvgIpc) is 3.45. The van der Waals surface area contributed by atoms with Crippen LogP contribution in [0.25, 0.3) is 11.1 Å². The molecule has 176 valence electrons. The lowest BCUT2D eigenvalue weighted by atomic mass is 9.95. The molecule has 0 saturated carbocycles. The number of amides is 1. The molecule has 1 aliphatic rings. The first-order valence-electron chi connectivity index (χ1n) is 11.1. The Balaban J connectivity index is 1.58. The third-order valence-electron chi connectivity index (χ3n) is 5.68. The van der Waals surface area contributed by atoms with Crippen LogP contribution in [0.3, 0.4) is 0 Å². The fourth-order valence-electron chi connectivity index (χ4n) is 4.11. The molecule has 0 bridgehead atoms. The van der Waals surface area contributed by atoms with E-state index in [1.54, 1.807) is 13.8 Å². The monoisotopic (exact) mass is 502 g/mol. The van der Waals surface area contributed by atoms with E-state index in [1.165, 1.54) is 11.8 Å². The number of nitrogens with zero attached hydrogens (tertiary/aromatic N) is 3. The zero-order valence-electron chi connectivity index (χ0n) is 19.3. The molecular formula is C26H22N4O3S2. The molecule has 4 rings (SSSR count). The van der Waals surface area contributed by atoms with E-state index in [-0.39, 0.29) is 23.8 Å². The van der Waals surface area contributed by atoms with Crippen molar-refractivity contribution in [1.29, 1.82) is 10.5 Å². The molecule has 0 atom stereocenters. The van der Waals surface area contributed by atoms with E-state index in [4.69, 9.17) is 9.72 Å². The number of benzene rings is 1. The number of pyridine rings is 1. The number of esters is 1. The van der Waals surface area contributed by atoms with Crippen LogP contribution >= 0.6 is 23.1 Å². The molecule has 2 heterocycles. The Morgan fingerprint density at radius 2 is 1.91 bits per heavy atom. The van der Waals surface area contributed by atoms with Gasteiger partial charge < -0.3 is 10.1 Å². The van der Waals surface area contributed by atoms with Gasteiger partial charge in [0.15, 0.2) is 0 Å². The Labute approximate surface area is 211 Å². The minimum absolute atomic E-state index is 0.00521. The number of aryl methyl sites for hydroxylation is 1. The predicted octanol–water partition coefficient (Wildman–Crippen LogP) is 5.26. The van der Waals surface area contributed by atoms with Crippen molar-refractivity contribution in [3.8, 4) is 23.3 Å². The van der Waals surface area contributed by atoms with Crippen molar-refractivity contribution in [2.45, 2.75) is 38.1 Å². The highest BCUT2D eigenvalue weighted by Gasteiger charge is 2.25. The molecular weight excluding hydrogens is 480 g/mol. The van der Waals surface area contributed by atoms with Gasteiger partial charge in [-0.15, -0.1) is 11.3 Å². The molecule has 0 unspecified atom stereocenters. The number of carbonyl (C=O) groups excluding carboxylic acids is 2. The molecule has 0 saturated heterocycles. The van der Waals surface area contributed by atoms with Crippen LogP contribution in [-0.4, -0.2) is 29.2 Å². The van der Waals surface area contributed by atoms with Crippen molar-refractivity contribution >= 4 is 40.0 Å². The highest BCUT2D eigenvalue weighted by atomic mass is 32.2. The van der Waals surface area contributed by atoms with Crippen molar-refractivity contribution in [2.75, 3.05) is 17.7 Å². The molecule has 35 heavy (non-hydrogen) atoms. The lowest BCUT2D eigenvalue weighted by Gasteiger charge is -2.14. The van der Waals surface area contributed by atoms with Crippen LogP contribution < -0.4 is 5.32 Å². The molecule has 1 amide bonds. The number of carbonyl (C=O) groups is 2. The number of fused-ring (bicyclic) bond motifs is 1. The van der Waals surface area contributed by atoms with Crippen molar-refractivity contribution in [1.82, 2.24) is 4.98 Å². The van der Waals surface area contributed by atoms with Crippen LogP contribution in [0.5, 0.6) is 0 Å². The van der Waals surface area contributed by atoms with E-state index in [1.807, 2.05) is 30.3 Å². The Bertz CT molecular complexity index is 1380.